The highest BCUT2D eigenvalue weighted by atomic mass is 16.2. The summed E-state index contributed by atoms with van der Waals surface area (Å²) >= 11 is 0. The molecule has 0 atom stereocenters. The van der Waals surface area contributed by atoms with Gasteiger partial charge in [-0.1, -0.05) is 6.07 Å². The Bertz CT molecular complexity index is 802. The molecule has 1 aliphatic rings. The second kappa shape index (κ2) is 5.18. The predicted octanol–water partition coefficient (Wildman–Crippen LogP) is 2.62. The highest BCUT2D eigenvalue weighted by Crippen LogP contribution is 2.19. The summed E-state index contributed by atoms with van der Waals surface area (Å²) in [4.78, 5) is 24.5. The molecule has 3 amide bonds. The van der Waals surface area contributed by atoms with E-state index in [9.17, 15) is 9.59 Å². The summed E-state index contributed by atoms with van der Waals surface area (Å²) in [6, 6.07) is 9.61. The fourth-order valence-electron chi connectivity index (χ4n) is 2.39. The van der Waals surface area contributed by atoms with Gasteiger partial charge in [-0.05, 0) is 55.3 Å². The fraction of sp³-hybridized carbons (Fsp3) is 0.176. The number of nitrogens with one attached hydrogen (secondary N) is 1. The van der Waals surface area contributed by atoms with Crippen LogP contribution in [0.15, 0.2) is 42.2 Å². The first-order chi connectivity index (χ1) is 10.5. The van der Waals surface area contributed by atoms with Crippen LogP contribution in [0.3, 0.4) is 0 Å². The van der Waals surface area contributed by atoms with E-state index < -0.39 is 6.03 Å². The number of benzene rings is 1. The summed E-state index contributed by atoms with van der Waals surface area (Å²) < 4.78 is 1.98. The summed E-state index contributed by atoms with van der Waals surface area (Å²) in [5.74, 6) is -0.321. The Balaban J connectivity index is 2.01. The largest absolute Gasteiger partial charge is 0.328 e. The van der Waals surface area contributed by atoms with Gasteiger partial charge in [0.2, 0.25) is 0 Å². The highest BCUT2D eigenvalue weighted by Gasteiger charge is 2.30. The van der Waals surface area contributed by atoms with Crippen LogP contribution < -0.4 is 5.32 Å². The number of aryl methyl sites for hydroxylation is 2. The fourth-order valence-corrected chi connectivity index (χ4v) is 2.39. The van der Waals surface area contributed by atoms with E-state index in [-0.39, 0.29) is 11.6 Å². The molecule has 0 spiro atoms. The lowest BCUT2D eigenvalue weighted by Crippen LogP contribution is -2.25. The molecule has 5 nitrogen and oxygen atoms in total. The van der Waals surface area contributed by atoms with Crippen molar-refractivity contribution in [3.63, 3.8) is 0 Å². The minimum atomic E-state index is -0.402. The molecule has 1 aliphatic heterocycles. The Morgan fingerprint density at radius 2 is 1.86 bits per heavy atom. The monoisotopic (exact) mass is 295 g/mol. The lowest BCUT2D eigenvalue weighted by molar-refractivity contribution is -0.121. The molecule has 5 heteroatoms. The van der Waals surface area contributed by atoms with E-state index in [4.69, 9.17) is 0 Å². The SMILES string of the molecule is Cc1ccc(-n2cccc2/C=C2/NC(=O)N(C)C2=O)cc1C. The molecule has 0 unspecified atom stereocenters. The number of carbonyl (C=O) groups excluding carboxylic acids is 2. The average molecular weight is 295 g/mol. The van der Waals surface area contributed by atoms with Crippen molar-refractivity contribution in [1.29, 1.82) is 0 Å². The third-order valence-electron chi connectivity index (χ3n) is 3.92. The van der Waals surface area contributed by atoms with Gasteiger partial charge in [0.15, 0.2) is 0 Å². The molecule has 1 fully saturated rings. The second-order valence-electron chi connectivity index (χ2n) is 5.42. The molecule has 0 bridgehead atoms. The molecule has 22 heavy (non-hydrogen) atoms. The number of hydrogen-bond donors (Lipinski definition) is 1. The third kappa shape index (κ3) is 2.30. The Morgan fingerprint density at radius 1 is 1.09 bits per heavy atom. The molecular weight excluding hydrogens is 278 g/mol. The first kappa shape index (κ1) is 14.1. The van der Waals surface area contributed by atoms with Crippen LogP contribution in [0, 0.1) is 13.8 Å². The number of nitrogens with zero attached hydrogens (tertiary/aromatic N) is 2. The number of carbonyl (C=O) groups is 2. The van der Waals surface area contributed by atoms with Crippen molar-refractivity contribution >= 4 is 18.0 Å². The smallest absolute Gasteiger partial charge is 0.317 e. The molecule has 0 saturated carbocycles. The van der Waals surface area contributed by atoms with Crippen LogP contribution in [0.1, 0.15) is 16.8 Å². The predicted molar refractivity (Wildman–Crippen MR) is 84.5 cm³/mol. The molecule has 2 aromatic rings. The number of rotatable bonds is 2. The molecule has 1 aromatic carbocycles. The first-order valence-corrected chi connectivity index (χ1v) is 7.03. The molecule has 3 rings (SSSR count). The summed E-state index contributed by atoms with van der Waals surface area (Å²) in [6.07, 6.45) is 3.63. The zero-order chi connectivity index (χ0) is 15.9. The minimum absolute atomic E-state index is 0.288. The van der Waals surface area contributed by atoms with Gasteiger partial charge in [-0.25, -0.2) is 4.79 Å². The molecule has 112 valence electrons. The van der Waals surface area contributed by atoms with Crippen LogP contribution in [0.25, 0.3) is 11.8 Å². The Kier molecular flexibility index (Phi) is 3.33. The van der Waals surface area contributed by atoms with Crippen molar-refractivity contribution < 1.29 is 9.59 Å². The van der Waals surface area contributed by atoms with E-state index in [1.54, 1.807) is 6.08 Å². The molecule has 2 heterocycles. The van der Waals surface area contributed by atoms with Gasteiger partial charge in [0, 0.05) is 24.6 Å². The molecule has 1 saturated heterocycles. The van der Waals surface area contributed by atoms with Crippen LogP contribution in [0.5, 0.6) is 0 Å². The maximum Gasteiger partial charge on any atom is 0.328 e. The third-order valence-corrected chi connectivity index (χ3v) is 3.92. The maximum atomic E-state index is 12.0. The maximum absolute atomic E-state index is 12.0. The molecule has 0 radical (unpaired) electrons. The lowest BCUT2D eigenvalue weighted by Gasteiger charge is -2.09. The van der Waals surface area contributed by atoms with E-state index in [2.05, 4.69) is 31.3 Å². The van der Waals surface area contributed by atoms with Gasteiger partial charge in [-0.2, -0.15) is 0 Å². The van der Waals surface area contributed by atoms with Crippen molar-refractivity contribution in [2.45, 2.75) is 13.8 Å². The van der Waals surface area contributed by atoms with Crippen LogP contribution >= 0.6 is 0 Å². The van der Waals surface area contributed by atoms with E-state index in [1.165, 1.54) is 18.2 Å². The van der Waals surface area contributed by atoms with E-state index >= 15 is 0 Å². The quantitative estimate of drug-likeness (QED) is 0.684. The van der Waals surface area contributed by atoms with Crippen LogP contribution in [0.4, 0.5) is 4.79 Å². The number of urea groups is 1. The Labute approximate surface area is 128 Å². The number of likely N-dealkylation sites (N-methyl/N-ethyl adjacent to an activating group) is 1. The molecular formula is C17H17N3O2. The second-order valence-corrected chi connectivity index (χ2v) is 5.42. The topological polar surface area (TPSA) is 54.3 Å². The summed E-state index contributed by atoms with van der Waals surface area (Å²) in [7, 11) is 1.46. The summed E-state index contributed by atoms with van der Waals surface area (Å²) in [6.45, 7) is 4.14. The van der Waals surface area contributed by atoms with Gasteiger partial charge in [-0.15, -0.1) is 0 Å². The van der Waals surface area contributed by atoms with E-state index in [1.807, 2.05) is 29.0 Å². The summed E-state index contributed by atoms with van der Waals surface area (Å²) in [5, 5.41) is 2.58. The highest BCUT2D eigenvalue weighted by molar-refractivity contribution is 6.13. The van der Waals surface area contributed by atoms with Crippen molar-refractivity contribution in [2.75, 3.05) is 7.05 Å². The average Bonchev–Trinajstić information content (AvgIpc) is 3.04. The van der Waals surface area contributed by atoms with Crippen molar-refractivity contribution in [3.05, 3.63) is 59.0 Å². The van der Waals surface area contributed by atoms with Crippen molar-refractivity contribution in [2.24, 2.45) is 0 Å². The molecule has 0 aliphatic carbocycles. The van der Waals surface area contributed by atoms with E-state index in [0.717, 1.165) is 16.3 Å². The van der Waals surface area contributed by atoms with E-state index in [0.29, 0.717) is 0 Å². The van der Waals surface area contributed by atoms with Crippen molar-refractivity contribution in [3.8, 4) is 5.69 Å². The van der Waals surface area contributed by atoms with Gasteiger partial charge in [0.25, 0.3) is 5.91 Å². The van der Waals surface area contributed by atoms with Crippen LogP contribution in [-0.2, 0) is 4.79 Å². The van der Waals surface area contributed by atoms with Gasteiger partial charge in [0.1, 0.15) is 5.70 Å². The Hall–Kier alpha value is -2.82. The number of imide groups is 1. The molecule has 1 aromatic heterocycles. The summed E-state index contributed by atoms with van der Waals surface area (Å²) in [5.41, 5.74) is 4.58. The lowest BCUT2D eigenvalue weighted by atomic mass is 10.1. The normalized spacial score (nSPS) is 16.5. The van der Waals surface area contributed by atoms with Gasteiger partial charge >= 0.3 is 6.03 Å². The Morgan fingerprint density at radius 3 is 2.50 bits per heavy atom. The van der Waals surface area contributed by atoms with Crippen LogP contribution in [-0.4, -0.2) is 28.5 Å². The standard InChI is InChI=1S/C17H17N3O2/c1-11-6-7-14(9-12(11)2)20-8-4-5-13(20)10-15-16(21)19(3)17(22)18-15/h4-10H,1-3H3,(H,18,22)/b15-10+. The van der Waals surface area contributed by atoms with Gasteiger partial charge in [0.05, 0.1) is 0 Å². The zero-order valence-corrected chi connectivity index (χ0v) is 12.8. The first-order valence-electron chi connectivity index (χ1n) is 7.03. The van der Waals surface area contributed by atoms with Crippen LogP contribution in [0.2, 0.25) is 0 Å². The zero-order valence-electron chi connectivity index (χ0n) is 12.8. The number of amides is 3. The molecule has 1 N–H and O–H groups in total. The number of aromatic nitrogens is 1. The minimum Gasteiger partial charge on any atom is -0.317 e. The van der Waals surface area contributed by atoms with Gasteiger partial charge in [-0.3, -0.25) is 9.69 Å². The van der Waals surface area contributed by atoms with Gasteiger partial charge < -0.3 is 9.88 Å². The number of hydrogen-bond acceptors (Lipinski definition) is 2. The van der Waals surface area contributed by atoms with Crippen molar-refractivity contribution in [1.82, 2.24) is 14.8 Å².